The molecule has 0 atom stereocenters. The number of azo groups is 1. The van der Waals surface area contributed by atoms with Crippen LogP contribution in [0.25, 0.3) is 0 Å². The third-order valence-corrected chi connectivity index (χ3v) is 1.44. The number of nitrogens with zero attached hydrogens (tertiary/aromatic N) is 6. The average Bonchev–Trinajstić information content (AvgIpc) is 2.34. The summed E-state index contributed by atoms with van der Waals surface area (Å²) >= 11 is 0. The molecule has 2 N–H and O–H groups in total. The van der Waals surface area contributed by atoms with E-state index in [9.17, 15) is 0 Å². The first-order valence-electron chi connectivity index (χ1n) is 3.88. The first kappa shape index (κ1) is 13.5. The van der Waals surface area contributed by atoms with E-state index in [1.165, 1.54) is 24.3 Å². The summed E-state index contributed by atoms with van der Waals surface area (Å²) in [4.78, 5) is 0. The molecule has 80 valence electrons. The standard InChI is InChI=1S/C8H6N6O2/c9-1-7(15,2-10)5-13-14-6-8(16,3-11)4-12/h15-16H,5-6H2. The van der Waals surface area contributed by atoms with E-state index in [2.05, 4.69) is 10.2 Å². The zero-order chi connectivity index (χ0) is 12.7. The Kier molecular flexibility index (Phi) is 4.54. The summed E-state index contributed by atoms with van der Waals surface area (Å²) in [7, 11) is 0. The van der Waals surface area contributed by atoms with Gasteiger partial charge in [0.2, 0.25) is 0 Å². The van der Waals surface area contributed by atoms with Gasteiger partial charge in [-0.3, -0.25) is 0 Å². The van der Waals surface area contributed by atoms with Gasteiger partial charge >= 0.3 is 0 Å². The van der Waals surface area contributed by atoms with Crippen LogP contribution in [0.2, 0.25) is 0 Å². The Balaban J connectivity index is 4.40. The van der Waals surface area contributed by atoms with Crippen molar-refractivity contribution in [3.05, 3.63) is 0 Å². The average molecular weight is 218 g/mol. The molecule has 0 radical (unpaired) electrons. The highest BCUT2D eigenvalue weighted by Crippen LogP contribution is 2.04. The van der Waals surface area contributed by atoms with Crippen molar-refractivity contribution < 1.29 is 10.2 Å². The van der Waals surface area contributed by atoms with E-state index in [-0.39, 0.29) is 0 Å². The SMILES string of the molecule is N#CC(O)(C#N)CN=NCC(O)(C#N)C#N. The molecule has 0 aromatic carbocycles. The van der Waals surface area contributed by atoms with Crippen molar-refractivity contribution in [2.45, 2.75) is 11.2 Å². The fourth-order valence-corrected chi connectivity index (χ4v) is 0.496. The second kappa shape index (κ2) is 5.38. The van der Waals surface area contributed by atoms with Crippen LogP contribution in [-0.2, 0) is 0 Å². The van der Waals surface area contributed by atoms with E-state index >= 15 is 0 Å². The molecule has 8 nitrogen and oxygen atoms in total. The van der Waals surface area contributed by atoms with Crippen LogP contribution in [0.15, 0.2) is 10.2 Å². The van der Waals surface area contributed by atoms with Crippen LogP contribution in [0, 0.1) is 45.3 Å². The van der Waals surface area contributed by atoms with Crippen LogP contribution in [0.5, 0.6) is 0 Å². The maximum absolute atomic E-state index is 9.10. The summed E-state index contributed by atoms with van der Waals surface area (Å²) in [5, 5.41) is 58.1. The minimum absolute atomic E-state index is 0.618. The molecule has 0 unspecified atom stereocenters. The van der Waals surface area contributed by atoms with Crippen molar-refractivity contribution in [1.29, 1.82) is 21.0 Å². The van der Waals surface area contributed by atoms with Gasteiger partial charge in [-0.25, -0.2) is 0 Å². The molecule has 0 rings (SSSR count). The lowest BCUT2D eigenvalue weighted by molar-refractivity contribution is 0.156. The van der Waals surface area contributed by atoms with Gasteiger partial charge in [0, 0.05) is 0 Å². The van der Waals surface area contributed by atoms with Gasteiger partial charge in [-0.2, -0.15) is 31.3 Å². The quantitative estimate of drug-likeness (QED) is 0.454. The van der Waals surface area contributed by atoms with E-state index in [0.29, 0.717) is 0 Å². The lowest BCUT2D eigenvalue weighted by Gasteiger charge is -2.07. The lowest BCUT2D eigenvalue weighted by atomic mass is 10.1. The minimum Gasteiger partial charge on any atom is -0.363 e. The maximum atomic E-state index is 9.10. The van der Waals surface area contributed by atoms with E-state index < -0.39 is 24.3 Å². The Labute approximate surface area is 90.9 Å². The minimum atomic E-state index is -2.29. The first-order valence-corrected chi connectivity index (χ1v) is 3.88. The molecule has 0 saturated carbocycles. The van der Waals surface area contributed by atoms with E-state index in [1.807, 2.05) is 0 Å². The Bertz CT molecular complexity index is 373. The van der Waals surface area contributed by atoms with E-state index in [0.717, 1.165) is 0 Å². The van der Waals surface area contributed by atoms with Gasteiger partial charge in [-0.15, -0.1) is 0 Å². The number of aliphatic hydroxyl groups is 2. The fraction of sp³-hybridized carbons (Fsp3) is 0.500. The summed E-state index contributed by atoms with van der Waals surface area (Å²) in [6.07, 6.45) is 0. The highest BCUT2D eigenvalue weighted by Gasteiger charge is 2.27. The third-order valence-electron chi connectivity index (χ3n) is 1.44. The van der Waals surface area contributed by atoms with Crippen LogP contribution in [0.3, 0.4) is 0 Å². The summed E-state index contributed by atoms with van der Waals surface area (Å²) < 4.78 is 0. The van der Waals surface area contributed by atoms with Gasteiger partial charge in [0.25, 0.3) is 11.2 Å². The van der Waals surface area contributed by atoms with Crippen LogP contribution >= 0.6 is 0 Å². The molecule has 0 aliphatic carbocycles. The van der Waals surface area contributed by atoms with Crippen LogP contribution < -0.4 is 0 Å². The van der Waals surface area contributed by atoms with Crippen molar-refractivity contribution in [3.8, 4) is 24.3 Å². The van der Waals surface area contributed by atoms with Gasteiger partial charge in [0.1, 0.15) is 37.4 Å². The summed E-state index contributed by atoms with van der Waals surface area (Å²) in [6, 6.07) is 5.21. The molecule has 16 heavy (non-hydrogen) atoms. The third kappa shape index (κ3) is 3.69. The predicted molar refractivity (Wildman–Crippen MR) is 46.9 cm³/mol. The zero-order valence-corrected chi connectivity index (χ0v) is 7.99. The number of hydrogen-bond acceptors (Lipinski definition) is 8. The second-order valence-electron chi connectivity index (χ2n) is 2.77. The van der Waals surface area contributed by atoms with Crippen molar-refractivity contribution in [1.82, 2.24) is 0 Å². The van der Waals surface area contributed by atoms with Crippen LogP contribution in [0.4, 0.5) is 0 Å². The van der Waals surface area contributed by atoms with Crippen molar-refractivity contribution >= 4 is 0 Å². The largest absolute Gasteiger partial charge is 0.363 e. The first-order chi connectivity index (χ1) is 7.45. The second-order valence-corrected chi connectivity index (χ2v) is 2.77. The van der Waals surface area contributed by atoms with E-state index in [1.54, 1.807) is 0 Å². The van der Waals surface area contributed by atoms with Gasteiger partial charge in [0.05, 0.1) is 0 Å². The molecule has 0 spiro atoms. The summed E-state index contributed by atoms with van der Waals surface area (Å²) in [5.74, 6) is 0. The number of rotatable bonds is 4. The van der Waals surface area contributed by atoms with Gasteiger partial charge < -0.3 is 10.2 Å². The summed E-state index contributed by atoms with van der Waals surface area (Å²) in [5.41, 5.74) is -4.58. The van der Waals surface area contributed by atoms with Crippen LogP contribution in [-0.4, -0.2) is 34.5 Å². The molecular weight excluding hydrogens is 212 g/mol. The maximum Gasteiger partial charge on any atom is 0.260 e. The van der Waals surface area contributed by atoms with E-state index in [4.69, 9.17) is 31.3 Å². The predicted octanol–water partition coefficient (Wildman–Crippen LogP) is -1.00. The highest BCUT2D eigenvalue weighted by atomic mass is 16.3. The number of hydrogen-bond donors (Lipinski definition) is 2. The molecule has 8 heteroatoms. The Hall–Kier alpha value is -2.52. The molecule has 0 heterocycles. The fourth-order valence-electron chi connectivity index (χ4n) is 0.496. The van der Waals surface area contributed by atoms with Crippen molar-refractivity contribution in [3.63, 3.8) is 0 Å². The van der Waals surface area contributed by atoms with Gasteiger partial charge in [-0.1, -0.05) is 0 Å². The molecule has 0 aliphatic heterocycles. The Morgan fingerprint density at radius 1 is 0.750 bits per heavy atom. The molecule has 0 aromatic rings. The van der Waals surface area contributed by atoms with Gasteiger partial charge in [0.15, 0.2) is 0 Å². The molecule has 0 fully saturated rings. The molecule has 0 aromatic heterocycles. The molecular formula is C8H6N6O2. The lowest BCUT2D eigenvalue weighted by Crippen LogP contribution is -2.29. The van der Waals surface area contributed by atoms with Crippen LogP contribution in [0.1, 0.15) is 0 Å². The Morgan fingerprint density at radius 3 is 1.19 bits per heavy atom. The number of nitriles is 4. The van der Waals surface area contributed by atoms with Gasteiger partial charge in [-0.05, 0) is 0 Å². The van der Waals surface area contributed by atoms with Crippen molar-refractivity contribution in [2.24, 2.45) is 10.2 Å². The van der Waals surface area contributed by atoms with Crippen molar-refractivity contribution in [2.75, 3.05) is 13.1 Å². The topological polar surface area (TPSA) is 160 Å². The monoisotopic (exact) mass is 218 g/mol. The molecule has 0 amide bonds. The highest BCUT2D eigenvalue weighted by molar-refractivity contribution is 5.18. The zero-order valence-electron chi connectivity index (χ0n) is 7.99. The molecule has 0 bridgehead atoms. The summed E-state index contributed by atoms with van der Waals surface area (Å²) in [6.45, 7) is -1.24. The molecule has 0 aliphatic rings. The smallest absolute Gasteiger partial charge is 0.260 e. The normalized spacial score (nSPS) is 11.1. The Morgan fingerprint density at radius 2 is 1.00 bits per heavy atom. The molecule has 0 saturated heterocycles.